The maximum atomic E-state index is 11.8. The average molecular weight is 440 g/mol. The third kappa shape index (κ3) is 6.09. The monoisotopic (exact) mass is 439 g/mol. The number of esters is 1. The zero-order chi connectivity index (χ0) is 22.5. The highest BCUT2D eigenvalue weighted by Gasteiger charge is 2.37. The Kier molecular flexibility index (Phi) is 7.66. The van der Waals surface area contributed by atoms with Gasteiger partial charge in [-0.3, -0.25) is 9.69 Å². The van der Waals surface area contributed by atoms with Crippen LogP contribution in [-0.2, 0) is 14.3 Å². The largest absolute Gasteiger partial charge is 0.497 e. The van der Waals surface area contributed by atoms with Gasteiger partial charge in [0.25, 0.3) is 5.56 Å². The Labute approximate surface area is 179 Å². The van der Waals surface area contributed by atoms with Gasteiger partial charge in [-0.05, 0) is 45.7 Å². The van der Waals surface area contributed by atoms with Crippen molar-refractivity contribution < 1.29 is 23.8 Å². The highest BCUT2D eigenvalue weighted by molar-refractivity contribution is 6.29. The average Bonchev–Trinajstić information content (AvgIpc) is 3.17. The van der Waals surface area contributed by atoms with E-state index in [1.807, 2.05) is 0 Å². The van der Waals surface area contributed by atoms with Crippen molar-refractivity contribution in [3.63, 3.8) is 0 Å². The zero-order valence-corrected chi connectivity index (χ0v) is 18.4. The smallest absolute Gasteiger partial charge is 0.411 e. The summed E-state index contributed by atoms with van der Waals surface area (Å²) >= 11 is 5.58. The number of halogens is 1. The van der Waals surface area contributed by atoms with E-state index in [2.05, 4.69) is 14.7 Å². The van der Waals surface area contributed by atoms with Gasteiger partial charge in [-0.2, -0.15) is 0 Å². The highest BCUT2D eigenvalue weighted by atomic mass is 35.5. The lowest BCUT2D eigenvalue weighted by molar-refractivity contribution is -0.145. The van der Waals surface area contributed by atoms with Crippen LogP contribution in [0.15, 0.2) is 23.0 Å². The summed E-state index contributed by atoms with van der Waals surface area (Å²) in [4.78, 5) is 42.3. The van der Waals surface area contributed by atoms with Crippen LogP contribution in [0.25, 0.3) is 11.0 Å². The molecule has 3 rings (SSSR count). The Morgan fingerprint density at radius 3 is 2.57 bits per heavy atom. The van der Waals surface area contributed by atoms with E-state index in [0.29, 0.717) is 29.7 Å². The van der Waals surface area contributed by atoms with Crippen LogP contribution in [0.4, 0.5) is 4.79 Å². The number of benzene rings is 1. The normalized spacial score (nSPS) is 15.9. The summed E-state index contributed by atoms with van der Waals surface area (Å²) in [5, 5.41) is -0.0531. The predicted octanol–water partition coefficient (Wildman–Crippen LogP) is 3.14. The fraction of sp³-hybridized carbons (Fsp3) is 0.500. The molecule has 1 aromatic carbocycles. The number of carbonyl (C=O) groups is 2. The number of nitrogens with zero attached hydrogens (tertiary/aromatic N) is 2. The molecule has 1 atom stereocenters. The van der Waals surface area contributed by atoms with Crippen LogP contribution >= 0.6 is 11.6 Å². The van der Waals surface area contributed by atoms with Crippen LogP contribution in [0, 0.1) is 0 Å². The second-order valence-electron chi connectivity index (χ2n) is 7.59. The Hall–Kier alpha value is -2.81. The number of aromatic nitrogens is 2. The Bertz CT molecular complexity index is 969. The molecule has 0 radical (unpaired) electrons. The topological polar surface area (TPSA) is 111 Å². The molecule has 2 aromatic rings. The molecule has 1 N–H and O–H groups in total. The molecule has 2 heterocycles. The molecule has 1 aliphatic heterocycles. The molecule has 1 saturated heterocycles. The summed E-state index contributed by atoms with van der Waals surface area (Å²) in [6, 6.07) is 4.69. The van der Waals surface area contributed by atoms with Crippen LogP contribution < -0.4 is 10.3 Å². The van der Waals surface area contributed by atoms with Gasteiger partial charge >= 0.3 is 12.1 Å². The number of amides is 1. The minimum absolute atomic E-state index is 0.0531. The van der Waals surface area contributed by atoms with Crippen molar-refractivity contribution in [3.8, 4) is 5.75 Å². The van der Waals surface area contributed by atoms with Crippen molar-refractivity contribution >= 4 is 34.7 Å². The first kappa shape index (κ1) is 23.5. The van der Waals surface area contributed by atoms with Crippen molar-refractivity contribution in [1.29, 1.82) is 0 Å². The van der Waals surface area contributed by atoms with E-state index in [0.717, 1.165) is 6.42 Å². The predicted molar refractivity (Wildman–Crippen MR) is 112 cm³/mol. The highest BCUT2D eigenvalue weighted by Crippen LogP contribution is 2.21. The molecular weight excluding hydrogens is 414 g/mol. The SMILES string of the molecule is COC(=O)C1CCCN1C(=O)OC(C)(C)C.COc1ccc2nc(Cl)c(=O)[nH]c2c1. The fourth-order valence-corrected chi connectivity index (χ4v) is 3.00. The first-order valence-electron chi connectivity index (χ1n) is 9.36. The summed E-state index contributed by atoms with van der Waals surface area (Å²) in [6.45, 7) is 5.95. The van der Waals surface area contributed by atoms with Gasteiger partial charge in [-0.1, -0.05) is 11.6 Å². The van der Waals surface area contributed by atoms with E-state index in [9.17, 15) is 14.4 Å². The lowest BCUT2D eigenvalue weighted by Gasteiger charge is -2.27. The van der Waals surface area contributed by atoms with E-state index in [1.165, 1.54) is 12.0 Å². The van der Waals surface area contributed by atoms with Gasteiger partial charge in [0.15, 0.2) is 5.15 Å². The van der Waals surface area contributed by atoms with Crippen LogP contribution in [0.2, 0.25) is 5.15 Å². The molecule has 164 valence electrons. The van der Waals surface area contributed by atoms with Gasteiger partial charge in [-0.15, -0.1) is 0 Å². The van der Waals surface area contributed by atoms with Crippen molar-refractivity contribution in [2.45, 2.75) is 45.3 Å². The minimum Gasteiger partial charge on any atom is -0.497 e. The number of nitrogens with one attached hydrogen (secondary N) is 1. The number of rotatable bonds is 2. The molecule has 1 aliphatic rings. The molecule has 1 fully saturated rings. The van der Waals surface area contributed by atoms with Gasteiger partial charge in [0.1, 0.15) is 17.4 Å². The number of aromatic amines is 1. The van der Waals surface area contributed by atoms with Crippen molar-refractivity contribution in [2.75, 3.05) is 20.8 Å². The summed E-state index contributed by atoms with van der Waals surface area (Å²) in [6.07, 6.45) is 1.01. The quantitative estimate of drug-likeness (QED) is 0.715. The molecule has 9 nitrogen and oxygen atoms in total. The summed E-state index contributed by atoms with van der Waals surface area (Å²) in [5.41, 5.74) is 0.307. The van der Waals surface area contributed by atoms with E-state index in [-0.39, 0.29) is 11.1 Å². The van der Waals surface area contributed by atoms with E-state index < -0.39 is 23.3 Å². The molecule has 30 heavy (non-hydrogen) atoms. The number of ether oxygens (including phenoxy) is 3. The number of methoxy groups -OCH3 is 2. The molecular formula is C20H26ClN3O6. The van der Waals surface area contributed by atoms with E-state index >= 15 is 0 Å². The third-order valence-electron chi connectivity index (χ3n) is 4.21. The number of likely N-dealkylation sites (tertiary alicyclic amines) is 1. The summed E-state index contributed by atoms with van der Waals surface area (Å²) in [7, 11) is 2.89. The number of H-pyrrole nitrogens is 1. The van der Waals surface area contributed by atoms with Crippen LogP contribution in [0.5, 0.6) is 5.75 Å². The second-order valence-corrected chi connectivity index (χ2v) is 7.95. The molecule has 0 bridgehead atoms. The Morgan fingerprint density at radius 1 is 1.27 bits per heavy atom. The molecule has 0 aliphatic carbocycles. The first-order chi connectivity index (χ1) is 14.1. The van der Waals surface area contributed by atoms with Crippen LogP contribution in [-0.4, -0.2) is 59.3 Å². The Morgan fingerprint density at radius 2 is 1.97 bits per heavy atom. The third-order valence-corrected chi connectivity index (χ3v) is 4.47. The van der Waals surface area contributed by atoms with Gasteiger partial charge < -0.3 is 19.2 Å². The van der Waals surface area contributed by atoms with E-state index in [1.54, 1.807) is 46.1 Å². The van der Waals surface area contributed by atoms with Crippen LogP contribution in [0.3, 0.4) is 0 Å². The standard InChI is InChI=1S/C11H19NO4.C9H7ClN2O2/c1-11(2,3)16-10(14)12-7-5-6-8(12)9(13)15-4;1-14-5-2-3-6-7(4-5)12-9(13)8(10)11-6/h8H,5-7H2,1-4H3;2-4H,1H3,(H,12,13). The molecule has 10 heteroatoms. The van der Waals surface area contributed by atoms with Crippen molar-refractivity contribution in [2.24, 2.45) is 0 Å². The minimum atomic E-state index is -0.541. The lowest BCUT2D eigenvalue weighted by Crippen LogP contribution is -2.43. The molecule has 0 saturated carbocycles. The maximum absolute atomic E-state index is 11.8. The number of hydrogen-bond acceptors (Lipinski definition) is 7. The van der Waals surface area contributed by atoms with Gasteiger partial charge in [-0.25, -0.2) is 14.6 Å². The number of fused-ring (bicyclic) bond motifs is 1. The summed E-state index contributed by atoms with van der Waals surface area (Å²) < 4.78 is 14.9. The molecule has 1 amide bonds. The Balaban J connectivity index is 0.000000215. The zero-order valence-electron chi connectivity index (χ0n) is 17.7. The molecule has 1 aromatic heterocycles. The fourth-order valence-electron chi connectivity index (χ4n) is 2.86. The van der Waals surface area contributed by atoms with Gasteiger partial charge in [0.05, 0.1) is 25.3 Å². The van der Waals surface area contributed by atoms with Crippen LogP contribution in [0.1, 0.15) is 33.6 Å². The van der Waals surface area contributed by atoms with E-state index in [4.69, 9.17) is 21.1 Å². The maximum Gasteiger partial charge on any atom is 0.411 e. The second kappa shape index (κ2) is 9.80. The van der Waals surface area contributed by atoms with Crippen molar-refractivity contribution in [1.82, 2.24) is 14.9 Å². The van der Waals surface area contributed by atoms with Crippen molar-refractivity contribution in [3.05, 3.63) is 33.7 Å². The summed E-state index contributed by atoms with van der Waals surface area (Å²) in [5.74, 6) is 0.292. The molecule has 1 unspecified atom stereocenters. The lowest BCUT2D eigenvalue weighted by atomic mass is 10.2. The number of hydrogen-bond donors (Lipinski definition) is 1. The number of carbonyl (C=O) groups excluding carboxylic acids is 2. The molecule has 0 spiro atoms. The van der Waals surface area contributed by atoms with Gasteiger partial charge in [0, 0.05) is 12.6 Å². The van der Waals surface area contributed by atoms with Gasteiger partial charge in [0.2, 0.25) is 0 Å². The first-order valence-corrected chi connectivity index (χ1v) is 9.74.